The van der Waals surface area contributed by atoms with Crippen LogP contribution in [0.5, 0.6) is 0 Å². The number of carbonyl (C=O) groups excluding carboxylic acids is 2. The molecule has 2 aromatic carbocycles. The summed E-state index contributed by atoms with van der Waals surface area (Å²) >= 11 is 0. The van der Waals surface area contributed by atoms with E-state index in [9.17, 15) is 18.0 Å². The van der Waals surface area contributed by atoms with E-state index in [0.717, 1.165) is 0 Å². The van der Waals surface area contributed by atoms with Crippen molar-refractivity contribution in [2.45, 2.75) is 31.0 Å². The van der Waals surface area contributed by atoms with Crippen LogP contribution in [0.4, 0.5) is 0 Å². The Bertz CT molecular complexity index is 967. The fourth-order valence-electron chi connectivity index (χ4n) is 3.10. The van der Waals surface area contributed by atoms with Crippen molar-refractivity contribution in [3.05, 3.63) is 65.7 Å². The maximum Gasteiger partial charge on any atom is 0.269 e. The number of nitrogens with one attached hydrogen (secondary N) is 2. The summed E-state index contributed by atoms with van der Waals surface area (Å²) in [6.07, 6.45) is -0.376. The van der Waals surface area contributed by atoms with Crippen molar-refractivity contribution >= 4 is 21.8 Å². The largest absolute Gasteiger partial charge is 0.373 e. The van der Waals surface area contributed by atoms with Crippen molar-refractivity contribution in [3.63, 3.8) is 0 Å². The highest BCUT2D eigenvalue weighted by Crippen LogP contribution is 2.21. The van der Waals surface area contributed by atoms with Gasteiger partial charge in [0.25, 0.3) is 11.8 Å². The van der Waals surface area contributed by atoms with Crippen LogP contribution < -0.4 is 10.9 Å². The molecule has 0 saturated carbocycles. The standard InChI is InChI=1S/C20H23N3O5S/c1-14-12-23(13-15(2)28-14)29(26,27)18-10-8-17(9-11-18)20(25)22-21-19(24)16-6-4-3-5-7-16/h3-11,14-15H,12-13H2,1-2H3,(H,21,24)(H,22,25)/t14-,15-/m1/s1. The Morgan fingerprint density at radius 3 is 1.86 bits per heavy atom. The minimum Gasteiger partial charge on any atom is -0.373 e. The molecule has 0 radical (unpaired) electrons. The van der Waals surface area contributed by atoms with Crippen molar-refractivity contribution in [1.29, 1.82) is 0 Å². The second-order valence-corrected chi connectivity index (χ2v) is 8.82. The Morgan fingerprint density at radius 1 is 0.862 bits per heavy atom. The van der Waals surface area contributed by atoms with Crippen LogP contribution in [0.15, 0.2) is 59.5 Å². The van der Waals surface area contributed by atoms with Gasteiger partial charge in [0, 0.05) is 24.2 Å². The molecule has 2 amide bonds. The number of rotatable bonds is 4. The number of benzene rings is 2. The number of hydrazine groups is 1. The summed E-state index contributed by atoms with van der Waals surface area (Å²) in [5.74, 6) is -0.999. The first-order chi connectivity index (χ1) is 13.8. The van der Waals surface area contributed by atoms with Crippen molar-refractivity contribution < 1.29 is 22.7 Å². The summed E-state index contributed by atoms with van der Waals surface area (Å²) in [6.45, 7) is 4.21. The molecule has 0 unspecified atom stereocenters. The molecule has 1 fully saturated rings. The van der Waals surface area contributed by atoms with E-state index in [1.807, 2.05) is 13.8 Å². The molecule has 2 N–H and O–H groups in total. The van der Waals surface area contributed by atoms with Crippen LogP contribution in [-0.4, -0.2) is 49.8 Å². The van der Waals surface area contributed by atoms with Gasteiger partial charge in [-0.15, -0.1) is 0 Å². The van der Waals surface area contributed by atoms with Crippen LogP contribution in [0.25, 0.3) is 0 Å². The van der Waals surface area contributed by atoms with E-state index < -0.39 is 21.8 Å². The summed E-state index contributed by atoms with van der Waals surface area (Å²) < 4.78 is 32.7. The van der Waals surface area contributed by atoms with Gasteiger partial charge in [0.1, 0.15) is 0 Å². The number of hydrogen-bond donors (Lipinski definition) is 2. The number of sulfonamides is 1. The van der Waals surface area contributed by atoms with Crippen LogP contribution in [0.3, 0.4) is 0 Å². The molecular weight excluding hydrogens is 394 g/mol. The van der Waals surface area contributed by atoms with Gasteiger partial charge < -0.3 is 4.74 Å². The Kier molecular flexibility index (Phi) is 6.31. The number of morpholine rings is 1. The Morgan fingerprint density at radius 2 is 1.34 bits per heavy atom. The Labute approximate surface area is 169 Å². The summed E-state index contributed by atoms with van der Waals surface area (Å²) in [5, 5.41) is 0. The van der Waals surface area contributed by atoms with E-state index in [2.05, 4.69) is 10.9 Å². The van der Waals surface area contributed by atoms with Gasteiger partial charge in [-0.1, -0.05) is 18.2 Å². The van der Waals surface area contributed by atoms with E-state index in [1.165, 1.54) is 28.6 Å². The second-order valence-electron chi connectivity index (χ2n) is 6.88. The first-order valence-corrected chi connectivity index (χ1v) is 10.6. The lowest BCUT2D eigenvalue weighted by atomic mass is 10.2. The molecule has 1 aliphatic heterocycles. The highest BCUT2D eigenvalue weighted by Gasteiger charge is 2.32. The van der Waals surface area contributed by atoms with Gasteiger partial charge in [-0.3, -0.25) is 20.4 Å². The lowest BCUT2D eigenvalue weighted by molar-refractivity contribution is -0.0440. The first-order valence-electron chi connectivity index (χ1n) is 9.19. The fraction of sp³-hybridized carbons (Fsp3) is 0.300. The van der Waals surface area contributed by atoms with E-state index >= 15 is 0 Å². The predicted octanol–water partition coefficient (Wildman–Crippen LogP) is 1.56. The quantitative estimate of drug-likeness (QED) is 0.735. The Hall–Kier alpha value is -2.75. The van der Waals surface area contributed by atoms with Crippen LogP contribution in [-0.2, 0) is 14.8 Å². The van der Waals surface area contributed by atoms with E-state index in [1.54, 1.807) is 30.3 Å². The van der Waals surface area contributed by atoms with Crippen molar-refractivity contribution in [2.24, 2.45) is 0 Å². The SMILES string of the molecule is C[C@@H]1CN(S(=O)(=O)c2ccc(C(=O)NNC(=O)c3ccccc3)cc2)C[C@@H](C)O1. The third kappa shape index (κ3) is 5.00. The third-order valence-electron chi connectivity index (χ3n) is 4.47. The van der Waals surface area contributed by atoms with Gasteiger partial charge in [-0.2, -0.15) is 4.31 Å². The molecule has 29 heavy (non-hydrogen) atoms. The molecule has 0 aromatic heterocycles. The maximum absolute atomic E-state index is 12.8. The van der Waals surface area contributed by atoms with Crippen molar-refractivity contribution in [2.75, 3.05) is 13.1 Å². The smallest absolute Gasteiger partial charge is 0.269 e. The van der Waals surface area contributed by atoms with Gasteiger partial charge in [0.05, 0.1) is 17.1 Å². The molecule has 0 aliphatic carbocycles. The van der Waals surface area contributed by atoms with Gasteiger partial charge in [0.2, 0.25) is 10.0 Å². The van der Waals surface area contributed by atoms with Gasteiger partial charge in [0.15, 0.2) is 0 Å². The molecule has 3 rings (SSSR count). The maximum atomic E-state index is 12.8. The molecule has 154 valence electrons. The molecular formula is C20H23N3O5S. The van der Waals surface area contributed by atoms with Gasteiger partial charge in [-0.05, 0) is 50.2 Å². The minimum atomic E-state index is -3.68. The van der Waals surface area contributed by atoms with Gasteiger partial charge >= 0.3 is 0 Å². The summed E-state index contributed by atoms with van der Waals surface area (Å²) in [7, 11) is -3.68. The number of nitrogens with zero attached hydrogens (tertiary/aromatic N) is 1. The summed E-state index contributed by atoms with van der Waals surface area (Å²) in [4.78, 5) is 24.3. The molecule has 1 saturated heterocycles. The monoisotopic (exact) mass is 417 g/mol. The Balaban J connectivity index is 1.64. The zero-order valence-electron chi connectivity index (χ0n) is 16.2. The highest BCUT2D eigenvalue weighted by atomic mass is 32.2. The van der Waals surface area contributed by atoms with E-state index in [0.29, 0.717) is 5.56 Å². The van der Waals surface area contributed by atoms with Crippen molar-refractivity contribution in [3.8, 4) is 0 Å². The molecule has 0 bridgehead atoms. The van der Waals surface area contributed by atoms with Crippen molar-refractivity contribution in [1.82, 2.24) is 15.2 Å². The number of carbonyl (C=O) groups is 2. The first kappa shape index (κ1) is 21.0. The van der Waals surface area contributed by atoms with Crippen LogP contribution >= 0.6 is 0 Å². The molecule has 9 heteroatoms. The van der Waals surface area contributed by atoms with E-state index in [4.69, 9.17) is 4.74 Å². The lowest BCUT2D eigenvalue weighted by Gasteiger charge is -2.34. The zero-order valence-corrected chi connectivity index (χ0v) is 17.0. The fourth-order valence-corrected chi connectivity index (χ4v) is 4.69. The lowest BCUT2D eigenvalue weighted by Crippen LogP contribution is -2.48. The predicted molar refractivity (Wildman–Crippen MR) is 107 cm³/mol. The molecule has 1 heterocycles. The second kappa shape index (κ2) is 8.73. The third-order valence-corrected chi connectivity index (χ3v) is 6.31. The number of ether oxygens (including phenoxy) is 1. The van der Waals surface area contributed by atoms with Crippen LogP contribution in [0.2, 0.25) is 0 Å². The molecule has 8 nitrogen and oxygen atoms in total. The molecule has 2 atom stereocenters. The zero-order chi connectivity index (χ0) is 21.0. The normalized spacial score (nSPS) is 20.1. The topological polar surface area (TPSA) is 105 Å². The number of amides is 2. The highest BCUT2D eigenvalue weighted by molar-refractivity contribution is 7.89. The summed E-state index contributed by atoms with van der Waals surface area (Å²) in [5.41, 5.74) is 5.27. The average Bonchev–Trinajstić information content (AvgIpc) is 2.71. The molecule has 1 aliphatic rings. The average molecular weight is 417 g/mol. The number of hydrogen-bond acceptors (Lipinski definition) is 5. The van der Waals surface area contributed by atoms with Gasteiger partial charge in [-0.25, -0.2) is 8.42 Å². The van der Waals surface area contributed by atoms with Crippen LogP contribution in [0.1, 0.15) is 34.6 Å². The van der Waals surface area contributed by atoms with Crippen LogP contribution in [0, 0.1) is 0 Å². The minimum absolute atomic E-state index is 0.101. The van der Waals surface area contributed by atoms with E-state index in [-0.39, 0.29) is 35.8 Å². The summed E-state index contributed by atoms with van der Waals surface area (Å²) in [6, 6.07) is 14.0. The molecule has 2 aromatic rings. The molecule has 0 spiro atoms.